The van der Waals surface area contributed by atoms with Crippen molar-refractivity contribution in [3.05, 3.63) is 23.8 Å². The number of rotatable bonds is 3. The average molecular weight is 262 g/mol. The van der Waals surface area contributed by atoms with E-state index >= 15 is 0 Å². The van der Waals surface area contributed by atoms with Crippen molar-refractivity contribution < 1.29 is 9.59 Å². The Balaban J connectivity index is 2.14. The molecule has 2 amide bonds. The standard InChI is InChI=1S/C13H18N4O2/c1-15-12(18)8-3-4-10(9(14)7-8)16-11-5-6-17(2)13(11)19/h3-4,7,11,16H,5-6,14H2,1-2H3,(H,15,18). The van der Waals surface area contributed by atoms with Crippen molar-refractivity contribution in [2.45, 2.75) is 12.5 Å². The molecule has 1 aliphatic heterocycles. The topological polar surface area (TPSA) is 87.5 Å². The molecule has 1 aliphatic rings. The maximum absolute atomic E-state index is 11.8. The molecule has 6 heteroatoms. The van der Waals surface area contributed by atoms with Crippen LogP contribution in [0.4, 0.5) is 11.4 Å². The van der Waals surface area contributed by atoms with Gasteiger partial charge in [0.2, 0.25) is 5.91 Å². The second kappa shape index (κ2) is 5.17. The van der Waals surface area contributed by atoms with Crippen LogP contribution in [0.15, 0.2) is 18.2 Å². The molecule has 2 rings (SSSR count). The number of carbonyl (C=O) groups excluding carboxylic acids is 2. The van der Waals surface area contributed by atoms with Gasteiger partial charge in [-0.1, -0.05) is 0 Å². The highest BCUT2D eigenvalue weighted by molar-refractivity contribution is 5.96. The average Bonchev–Trinajstić information content (AvgIpc) is 2.72. The molecule has 1 aromatic carbocycles. The smallest absolute Gasteiger partial charge is 0.251 e. The lowest BCUT2D eigenvalue weighted by molar-refractivity contribution is -0.127. The van der Waals surface area contributed by atoms with Crippen LogP contribution in [0.25, 0.3) is 0 Å². The molecule has 0 spiro atoms. The first-order valence-corrected chi connectivity index (χ1v) is 6.16. The maximum atomic E-state index is 11.8. The van der Waals surface area contributed by atoms with Gasteiger partial charge in [-0.05, 0) is 24.6 Å². The molecule has 1 aromatic rings. The summed E-state index contributed by atoms with van der Waals surface area (Å²) in [6.45, 7) is 0.743. The van der Waals surface area contributed by atoms with Crippen LogP contribution in [0, 0.1) is 0 Å². The van der Waals surface area contributed by atoms with Gasteiger partial charge in [0.05, 0.1) is 11.4 Å². The van der Waals surface area contributed by atoms with Gasteiger partial charge < -0.3 is 21.3 Å². The number of likely N-dealkylation sites (tertiary alicyclic amines) is 1. The Morgan fingerprint density at radius 1 is 1.47 bits per heavy atom. The third-order valence-electron chi connectivity index (χ3n) is 3.30. The minimum atomic E-state index is -0.238. The lowest BCUT2D eigenvalue weighted by atomic mass is 10.1. The molecule has 1 atom stereocenters. The number of hydrogen-bond acceptors (Lipinski definition) is 4. The van der Waals surface area contributed by atoms with E-state index in [1.165, 1.54) is 0 Å². The van der Waals surface area contributed by atoms with Gasteiger partial charge in [0.25, 0.3) is 5.91 Å². The zero-order chi connectivity index (χ0) is 14.0. The third-order valence-corrected chi connectivity index (χ3v) is 3.30. The van der Waals surface area contributed by atoms with E-state index < -0.39 is 0 Å². The molecule has 0 bridgehead atoms. The van der Waals surface area contributed by atoms with Gasteiger partial charge in [-0.15, -0.1) is 0 Å². The van der Waals surface area contributed by atoms with Gasteiger partial charge in [-0.25, -0.2) is 0 Å². The fraction of sp³-hybridized carbons (Fsp3) is 0.385. The number of benzene rings is 1. The molecule has 0 radical (unpaired) electrons. The summed E-state index contributed by atoms with van der Waals surface area (Å²) < 4.78 is 0. The summed E-state index contributed by atoms with van der Waals surface area (Å²) in [6.07, 6.45) is 0.756. The lowest BCUT2D eigenvalue weighted by Gasteiger charge is -2.15. The Morgan fingerprint density at radius 2 is 2.21 bits per heavy atom. The van der Waals surface area contributed by atoms with Crippen molar-refractivity contribution in [2.24, 2.45) is 0 Å². The van der Waals surface area contributed by atoms with Crippen LogP contribution in [0.5, 0.6) is 0 Å². The van der Waals surface area contributed by atoms with Gasteiger partial charge in [-0.3, -0.25) is 9.59 Å². The molecule has 19 heavy (non-hydrogen) atoms. The summed E-state index contributed by atoms with van der Waals surface area (Å²) >= 11 is 0. The number of hydrogen-bond donors (Lipinski definition) is 3. The molecule has 1 fully saturated rings. The highest BCUT2D eigenvalue weighted by Crippen LogP contribution is 2.23. The Kier molecular flexibility index (Phi) is 3.59. The number of likely N-dealkylation sites (N-methyl/N-ethyl adjacent to an activating group) is 1. The minimum Gasteiger partial charge on any atom is -0.397 e. The van der Waals surface area contributed by atoms with Crippen LogP contribution in [-0.4, -0.2) is 43.4 Å². The molecule has 4 N–H and O–H groups in total. The minimum absolute atomic E-state index is 0.0646. The summed E-state index contributed by atoms with van der Waals surface area (Å²) in [5.41, 5.74) is 7.55. The van der Waals surface area contributed by atoms with E-state index in [9.17, 15) is 9.59 Å². The first-order chi connectivity index (χ1) is 9.02. The van der Waals surface area contributed by atoms with Crippen LogP contribution in [0.2, 0.25) is 0 Å². The second-order valence-electron chi connectivity index (χ2n) is 4.63. The molecule has 102 valence electrons. The monoisotopic (exact) mass is 262 g/mol. The first kappa shape index (κ1) is 13.2. The van der Waals surface area contributed by atoms with E-state index in [-0.39, 0.29) is 17.9 Å². The van der Waals surface area contributed by atoms with Crippen molar-refractivity contribution in [2.75, 3.05) is 31.7 Å². The van der Waals surface area contributed by atoms with Crippen molar-refractivity contribution >= 4 is 23.2 Å². The van der Waals surface area contributed by atoms with Crippen molar-refractivity contribution in [3.8, 4) is 0 Å². The number of amides is 2. The number of anilines is 2. The molecule has 0 saturated carbocycles. The number of carbonyl (C=O) groups is 2. The predicted octanol–water partition coefficient (Wildman–Crippen LogP) is 0.271. The van der Waals surface area contributed by atoms with Crippen molar-refractivity contribution in [1.29, 1.82) is 0 Å². The quantitative estimate of drug-likeness (QED) is 0.682. The fourth-order valence-corrected chi connectivity index (χ4v) is 2.12. The highest BCUT2D eigenvalue weighted by atomic mass is 16.2. The van der Waals surface area contributed by atoms with E-state index in [0.717, 1.165) is 13.0 Å². The van der Waals surface area contributed by atoms with Crippen molar-refractivity contribution in [1.82, 2.24) is 10.2 Å². The SMILES string of the molecule is CNC(=O)c1ccc(NC2CCN(C)C2=O)c(N)c1. The molecule has 6 nitrogen and oxygen atoms in total. The lowest BCUT2D eigenvalue weighted by Crippen LogP contribution is -2.31. The van der Waals surface area contributed by atoms with E-state index in [1.807, 2.05) is 0 Å². The Bertz CT molecular complexity index is 515. The third kappa shape index (κ3) is 2.62. The van der Waals surface area contributed by atoms with Crippen LogP contribution >= 0.6 is 0 Å². The predicted molar refractivity (Wildman–Crippen MR) is 73.9 cm³/mol. The first-order valence-electron chi connectivity index (χ1n) is 6.16. The summed E-state index contributed by atoms with van der Waals surface area (Å²) in [5.74, 6) is -0.121. The van der Waals surface area contributed by atoms with Crippen LogP contribution < -0.4 is 16.4 Å². The highest BCUT2D eigenvalue weighted by Gasteiger charge is 2.29. The molecule has 1 heterocycles. The molecular weight excluding hydrogens is 244 g/mol. The number of nitrogens with two attached hydrogens (primary N) is 1. The van der Waals surface area contributed by atoms with Crippen molar-refractivity contribution in [3.63, 3.8) is 0 Å². The number of nitrogens with zero attached hydrogens (tertiary/aromatic N) is 1. The van der Waals surface area contributed by atoms with E-state index in [1.54, 1.807) is 37.2 Å². The normalized spacial score (nSPS) is 18.5. The summed E-state index contributed by atoms with van der Waals surface area (Å²) in [5, 5.41) is 5.66. The Labute approximate surface area is 112 Å². The van der Waals surface area contributed by atoms with Gasteiger partial charge in [0.15, 0.2) is 0 Å². The molecular formula is C13H18N4O2. The summed E-state index contributed by atoms with van der Waals surface area (Å²) in [6, 6.07) is 4.77. The fourth-order valence-electron chi connectivity index (χ4n) is 2.12. The summed E-state index contributed by atoms with van der Waals surface area (Å²) in [4.78, 5) is 25.0. The number of nitrogen functional groups attached to an aromatic ring is 1. The van der Waals surface area contributed by atoms with E-state index in [4.69, 9.17) is 5.73 Å². The van der Waals surface area contributed by atoms with Crippen LogP contribution in [0.1, 0.15) is 16.8 Å². The Hall–Kier alpha value is -2.24. The van der Waals surface area contributed by atoms with E-state index in [2.05, 4.69) is 10.6 Å². The zero-order valence-electron chi connectivity index (χ0n) is 11.1. The zero-order valence-corrected chi connectivity index (χ0v) is 11.1. The summed E-state index contributed by atoms with van der Waals surface area (Å²) in [7, 11) is 3.35. The van der Waals surface area contributed by atoms with Gasteiger partial charge >= 0.3 is 0 Å². The molecule has 1 unspecified atom stereocenters. The second-order valence-corrected chi connectivity index (χ2v) is 4.63. The molecule has 0 aliphatic carbocycles. The van der Waals surface area contributed by atoms with Gasteiger partial charge in [0, 0.05) is 26.2 Å². The molecule has 1 saturated heterocycles. The number of nitrogens with one attached hydrogen (secondary N) is 2. The largest absolute Gasteiger partial charge is 0.397 e. The van der Waals surface area contributed by atoms with Gasteiger partial charge in [-0.2, -0.15) is 0 Å². The van der Waals surface area contributed by atoms with E-state index in [0.29, 0.717) is 16.9 Å². The molecule has 0 aromatic heterocycles. The van der Waals surface area contributed by atoms with Crippen LogP contribution in [0.3, 0.4) is 0 Å². The Morgan fingerprint density at radius 3 is 2.74 bits per heavy atom. The van der Waals surface area contributed by atoms with Gasteiger partial charge in [0.1, 0.15) is 6.04 Å². The van der Waals surface area contributed by atoms with Crippen LogP contribution in [-0.2, 0) is 4.79 Å². The maximum Gasteiger partial charge on any atom is 0.251 e.